The first-order valence-electron chi connectivity index (χ1n) is 7.91. The maximum atomic E-state index is 12.8. The number of hydrogen-bond acceptors (Lipinski definition) is 6. The molecule has 0 fully saturated rings. The second-order valence-electron chi connectivity index (χ2n) is 6.01. The van der Waals surface area contributed by atoms with Gasteiger partial charge >= 0.3 is 5.97 Å². The highest BCUT2D eigenvalue weighted by atomic mass is 16.5. The first kappa shape index (κ1) is 17.5. The molecule has 7 heteroatoms. The van der Waals surface area contributed by atoms with Crippen LogP contribution in [0.2, 0.25) is 0 Å². The van der Waals surface area contributed by atoms with Gasteiger partial charge in [-0.05, 0) is 36.6 Å². The van der Waals surface area contributed by atoms with Gasteiger partial charge in [0.25, 0.3) is 0 Å². The monoisotopic (exact) mass is 356 g/mol. The van der Waals surface area contributed by atoms with Crippen LogP contribution in [0.3, 0.4) is 0 Å². The van der Waals surface area contributed by atoms with Crippen LogP contribution in [0.25, 0.3) is 0 Å². The topological polar surface area (TPSA) is 121 Å². The Hall–Kier alpha value is -3.35. The maximum absolute atomic E-state index is 12.8. The second kappa shape index (κ2) is 6.51. The fraction of sp³-hybridized carbons (Fsp3) is 0.211. The number of rotatable bonds is 5. The fourth-order valence-electron chi connectivity index (χ4n) is 3.10. The molecule has 0 radical (unpaired) electrons. The van der Waals surface area contributed by atoms with Crippen LogP contribution in [-0.4, -0.2) is 40.0 Å². The molecule has 0 saturated carbocycles. The Bertz CT molecular complexity index is 943. The zero-order chi connectivity index (χ0) is 19.0. The van der Waals surface area contributed by atoms with E-state index in [0.29, 0.717) is 18.4 Å². The summed E-state index contributed by atoms with van der Waals surface area (Å²) in [5.74, 6) is -2.63. The largest absolute Gasteiger partial charge is 0.507 e. The van der Waals surface area contributed by atoms with Gasteiger partial charge in [-0.3, -0.25) is 14.4 Å². The van der Waals surface area contributed by atoms with Crippen molar-refractivity contribution in [2.45, 2.75) is 19.3 Å². The summed E-state index contributed by atoms with van der Waals surface area (Å²) in [6.07, 6.45) is 0.629. The van der Waals surface area contributed by atoms with Crippen molar-refractivity contribution in [1.29, 1.82) is 0 Å². The minimum absolute atomic E-state index is 0.00133. The number of ketones is 2. The number of phenols is 2. The molecule has 0 spiro atoms. The summed E-state index contributed by atoms with van der Waals surface area (Å²) in [7, 11) is 1.37. The highest BCUT2D eigenvalue weighted by Crippen LogP contribution is 2.39. The van der Waals surface area contributed by atoms with Crippen molar-refractivity contribution >= 4 is 17.5 Å². The summed E-state index contributed by atoms with van der Waals surface area (Å²) in [6, 6.07) is 5.42. The van der Waals surface area contributed by atoms with Crippen LogP contribution >= 0.6 is 0 Å². The number of carbonyl (C=O) groups excluding carboxylic acids is 2. The van der Waals surface area contributed by atoms with E-state index in [2.05, 4.69) is 0 Å². The smallest absolute Gasteiger partial charge is 0.303 e. The Morgan fingerprint density at radius 2 is 1.58 bits per heavy atom. The van der Waals surface area contributed by atoms with Crippen LogP contribution in [0.1, 0.15) is 50.2 Å². The van der Waals surface area contributed by atoms with Crippen molar-refractivity contribution < 1.29 is 34.4 Å². The summed E-state index contributed by atoms with van der Waals surface area (Å²) in [4.78, 5) is 36.2. The van der Waals surface area contributed by atoms with E-state index in [1.54, 1.807) is 0 Å². The van der Waals surface area contributed by atoms with Gasteiger partial charge in [0, 0.05) is 23.6 Å². The van der Waals surface area contributed by atoms with Gasteiger partial charge in [-0.2, -0.15) is 0 Å². The van der Waals surface area contributed by atoms with E-state index >= 15 is 0 Å². The number of carboxylic acid groups (broad SMARTS) is 1. The lowest BCUT2D eigenvalue weighted by atomic mass is 9.81. The third-order valence-corrected chi connectivity index (χ3v) is 4.30. The van der Waals surface area contributed by atoms with Crippen LogP contribution in [0.15, 0.2) is 24.3 Å². The predicted octanol–water partition coefficient (Wildman–Crippen LogP) is 2.29. The van der Waals surface area contributed by atoms with Crippen LogP contribution in [0, 0.1) is 0 Å². The average molecular weight is 356 g/mol. The first-order chi connectivity index (χ1) is 12.3. The summed E-state index contributed by atoms with van der Waals surface area (Å²) < 4.78 is 5.03. The molecule has 0 unspecified atom stereocenters. The zero-order valence-corrected chi connectivity index (χ0v) is 13.9. The van der Waals surface area contributed by atoms with E-state index < -0.39 is 23.3 Å². The molecule has 7 nitrogen and oxygen atoms in total. The van der Waals surface area contributed by atoms with Gasteiger partial charge in [-0.25, -0.2) is 0 Å². The number of methoxy groups -OCH3 is 1. The number of fused-ring (bicyclic) bond motifs is 2. The van der Waals surface area contributed by atoms with Crippen molar-refractivity contribution in [3.05, 3.63) is 52.1 Å². The summed E-state index contributed by atoms with van der Waals surface area (Å²) in [6.45, 7) is 0. The van der Waals surface area contributed by atoms with E-state index in [0.717, 1.165) is 0 Å². The second-order valence-corrected chi connectivity index (χ2v) is 6.01. The molecular formula is C19H16O7. The van der Waals surface area contributed by atoms with E-state index in [-0.39, 0.29) is 40.2 Å². The number of aliphatic carboxylic acids is 1. The van der Waals surface area contributed by atoms with Crippen molar-refractivity contribution in [2.24, 2.45) is 0 Å². The highest BCUT2D eigenvalue weighted by molar-refractivity contribution is 6.30. The molecule has 0 amide bonds. The molecule has 1 aliphatic carbocycles. The highest BCUT2D eigenvalue weighted by Gasteiger charge is 2.35. The first-order valence-corrected chi connectivity index (χ1v) is 7.91. The van der Waals surface area contributed by atoms with Gasteiger partial charge in [0.1, 0.15) is 17.2 Å². The molecule has 2 aromatic carbocycles. The molecule has 0 atom stereocenters. The van der Waals surface area contributed by atoms with Crippen LogP contribution in [0.4, 0.5) is 0 Å². The number of benzene rings is 2. The molecule has 3 N–H and O–H groups in total. The van der Waals surface area contributed by atoms with Gasteiger partial charge in [0.05, 0.1) is 18.2 Å². The maximum Gasteiger partial charge on any atom is 0.303 e. The number of aryl methyl sites for hydroxylation is 1. The molecule has 2 aromatic rings. The standard InChI is InChI=1S/C19H16O7/c1-26-10-7-12-17(14(21)8-10)19(25)16-11(18(12)24)5-9(6-13(16)20)3-2-4-15(22)23/h5-8,20-21H,2-4H2,1H3,(H,22,23). The molecule has 0 saturated heterocycles. The number of carboxylic acids is 1. The molecule has 0 bridgehead atoms. The summed E-state index contributed by atoms with van der Waals surface area (Å²) in [5.41, 5.74) is 0.253. The van der Waals surface area contributed by atoms with Crippen molar-refractivity contribution in [1.82, 2.24) is 0 Å². The normalized spacial score (nSPS) is 12.5. The SMILES string of the molecule is COc1cc(O)c2c(c1)C(=O)c1cc(CCCC(=O)O)cc(O)c1C2=O. The van der Waals surface area contributed by atoms with Crippen LogP contribution in [0.5, 0.6) is 17.2 Å². The van der Waals surface area contributed by atoms with Crippen LogP contribution in [-0.2, 0) is 11.2 Å². The third kappa shape index (κ3) is 2.88. The molecule has 0 heterocycles. The van der Waals surface area contributed by atoms with Gasteiger partial charge < -0.3 is 20.1 Å². The minimum Gasteiger partial charge on any atom is -0.507 e. The summed E-state index contributed by atoms with van der Waals surface area (Å²) >= 11 is 0. The quantitative estimate of drug-likeness (QED) is 0.641. The Labute approximate surface area is 148 Å². The van der Waals surface area contributed by atoms with Gasteiger partial charge in [0.2, 0.25) is 5.78 Å². The predicted molar refractivity (Wildman–Crippen MR) is 90.2 cm³/mol. The average Bonchev–Trinajstić information content (AvgIpc) is 2.58. The van der Waals surface area contributed by atoms with E-state index in [9.17, 15) is 24.6 Å². The van der Waals surface area contributed by atoms with Gasteiger partial charge in [-0.15, -0.1) is 0 Å². The molecule has 26 heavy (non-hydrogen) atoms. The molecule has 1 aliphatic rings. The lowest BCUT2D eigenvalue weighted by Crippen LogP contribution is -2.21. The van der Waals surface area contributed by atoms with Gasteiger partial charge in [-0.1, -0.05) is 0 Å². The number of hydrogen-bond donors (Lipinski definition) is 3. The number of phenolic OH excluding ortho intramolecular Hbond substituents is 2. The Kier molecular flexibility index (Phi) is 4.38. The van der Waals surface area contributed by atoms with Crippen LogP contribution < -0.4 is 4.74 Å². The molecular weight excluding hydrogens is 340 g/mol. The number of ether oxygens (including phenoxy) is 1. The van der Waals surface area contributed by atoms with Crippen molar-refractivity contribution in [3.8, 4) is 17.2 Å². The lowest BCUT2D eigenvalue weighted by molar-refractivity contribution is -0.137. The number of carbonyl (C=O) groups is 3. The Balaban J connectivity index is 2.08. The fourth-order valence-corrected chi connectivity index (χ4v) is 3.10. The zero-order valence-electron chi connectivity index (χ0n) is 13.9. The van der Waals surface area contributed by atoms with E-state index in [4.69, 9.17) is 9.84 Å². The molecule has 3 rings (SSSR count). The summed E-state index contributed by atoms with van der Waals surface area (Å²) in [5, 5.41) is 29.1. The Morgan fingerprint density at radius 3 is 2.19 bits per heavy atom. The lowest BCUT2D eigenvalue weighted by Gasteiger charge is -2.21. The minimum atomic E-state index is -0.935. The van der Waals surface area contributed by atoms with Crippen molar-refractivity contribution in [2.75, 3.05) is 7.11 Å². The van der Waals surface area contributed by atoms with Crippen molar-refractivity contribution in [3.63, 3.8) is 0 Å². The molecule has 0 aromatic heterocycles. The number of aromatic hydroxyl groups is 2. The third-order valence-electron chi connectivity index (χ3n) is 4.30. The van der Waals surface area contributed by atoms with Gasteiger partial charge in [0.15, 0.2) is 5.78 Å². The molecule has 0 aliphatic heterocycles. The van der Waals surface area contributed by atoms with E-state index in [1.165, 1.54) is 31.4 Å². The Morgan fingerprint density at radius 1 is 0.962 bits per heavy atom. The molecule has 134 valence electrons. The van der Waals surface area contributed by atoms with E-state index in [1.807, 2.05) is 0 Å².